The molecule has 3 aromatic carbocycles. The third kappa shape index (κ3) is 3.98. The van der Waals surface area contributed by atoms with Gasteiger partial charge in [0.1, 0.15) is 11.6 Å². The fourth-order valence-electron chi connectivity index (χ4n) is 4.96. The number of likely N-dealkylation sites (tertiary alicyclic amines) is 1. The number of nitrogens with zero attached hydrogens (tertiary/aromatic N) is 2. The second-order valence-electron chi connectivity index (χ2n) is 8.73. The van der Waals surface area contributed by atoms with E-state index in [0.717, 1.165) is 43.7 Å². The molecule has 0 atom stereocenters. The summed E-state index contributed by atoms with van der Waals surface area (Å²) in [5.74, 6) is -0.637. The van der Waals surface area contributed by atoms with Crippen LogP contribution in [0.2, 0.25) is 0 Å². The number of fused-ring (bicyclic) bond motifs is 2. The minimum Gasteiger partial charge on any atom is -0.308 e. The largest absolute Gasteiger partial charge is 0.326 e. The molecule has 0 saturated carbocycles. The fourth-order valence-corrected chi connectivity index (χ4v) is 4.96. The van der Waals surface area contributed by atoms with Crippen molar-refractivity contribution in [2.75, 3.05) is 29.9 Å². The van der Waals surface area contributed by atoms with E-state index in [1.165, 1.54) is 35.9 Å². The minimum atomic E-state index is -0.355. The van der Waals surface area contributed by atoms with Crippen molar-refractivity contribution in [2.24, 2.45) is 0 Å². The Balaban J connectivity index is 1.35. The third-order valence-corrected chi connectivity index (χ3v) is 6.68. The van der Waals surface area contributed by atoms with Gasteiger partial charge in [-0.3, -0.25) is 9.80 Å². The maximum atomic E-state index is 14.2. The smallest absolute Gasteiger partial charge is 0.308 e. The molecule has 2 amide bonds. The average molecular weight is 434 g/mol. The van der Waals surface area contributed by atoms with Crippen molar-refractivity contribution in [1.82, 2.24) is 4.90 Å². The summed E-state index contributed by atoms with van der Waals surface area (Å²) in [4.78, 5) is 17.2. The highest BCUT2D eigenvalue weighted by molar-refractivity contribution is 6.03. The molecule has 3 aromatic rings. The molecule has 4 nitrogen and oxygen atoms in total. The number of halogens is 2. The van der Waals surface area contributed by atoms with Crippen LogP contribution in [-0.2, 0) is 12.0 Å². The van der Waals surface area contributed by atoms with E-state index in [1.54, 1.807) is 17.0 Å². The Morgan fingerprint density at radius 1 is 0.906 bits per heavy atom. The fraction of sp³-hybridized carbons (Fsp3) is 0.269. The number of anilines is 2. The summed E-state index contributed by atoms with van der Waals surface area (Å²) in [5, 5.41) is 2.85. The van der Waals surface area contributed by atoms with E-state index in [0.29, 0.717) is 12.2 Å². The predicted octanol–water partition coefficient (Wildman–Crippen LogP) is 5.55. The third-order valence-electron chi connectivity index (χ3n) is 6.68. The standard InChI is InChI=1S/C26H25F2N3O/c27-20-6-9-22(10-7-20)29-25(32)31-18-26(23-16-21(28)8-11-24(23)31)12-14-30(15-13-26)17-19-4-2-1-3-5-19/h1-11,16H,12-15,17-18H2,(H,29,32). The van der Waals surface area contributed by atoms with Crippen molar-refractivity contribution in [1.29, 1.82) is 0 Å². The van der Waals surface area contributed by atoms with Crippen molar-refractivity contribution >= 4 is 17.4 Å². The van der Waals surface area contributed by atoms with E-state index in [-0.39, 0.29) is 23.1 Å². The van der Waals surface area contributed by atoms with Crippen LogP contribution in [0.15, 0.2) is 72.8 Å². The molecule has 1 fully saturated rings. The summed E-state index contributed by atoms with van der Waals surface area (Å²) in [7, 11) is 0. The first-order valence-electron chi connectivity index (χ1n) is 10.9. The van der Waals surface area contributed by atoms with Crippen LogP contribution in [0, 0.1) is 11.6 Å². The highest BCUT2D eigenvalue weighted by Crippen LogP contribution is 2.47. The number of hydrogen-bond acceptors (Lipinski definition) is 2. The number of rotatable bonds is 3. The quantitative estimate of drug-likeness (QED) is 0.588. The van der Waals surface area contributed by atoms with Crippen LogP contribution in [0.4, 0.5) is 25.0 Å². The van der Waals surface area contributed by atoms with Crippen LogP contribution in [0.3, 0.4) is 0 Å². The Hall–Kier alpha value is -3.25. The monoisotopic (exact) mass is 433 g/mol. The number of urea groups is 1. The van der Waals surface area contributed by atoms with Crippen molar-refractivity contribution in [3.05, 3.63) is 95.6 Å². The summed E-state index contributed by atoms with van der Waals surface area (Å²) < 4.78 is 27.4. The van der Waals surface area contributed by atoms with E-state index < -0.39 is 0 Å². The van der Waals surface area contributed by atoms with Gasteiger partial charge in [0, 0.05) is 29.9 Å². The molecule has 0 aromatic heterocycles. The highest BCUT2D eigenvalue weighted by Gasteiger charge is 2.46. The number of hydrogen-bond donors (Lipinski definition) is 1. The number of piperidine rings is 1. The van der Waals surface area contributed by atoms with Gasteiger partial charge in [0.25, 0.3) is 0 Å². The van der Waals surface area contributed by atoms with E-state index in [1.807, 2.05) is 18.2 Å². The summed E-state index contributed by atoms with van der Waals surface area (Å²) in [6.45, 7) is 3.18. The van der Waals surface area contributed by atoms with E-state index in [2.05, 4.69) is 22.3 Å². The van der Waals surface area contributed by atoms with Crippen molar-refractivity contribution in [3.8, 4) is 0 Å². The lowest BCUT2D eigenvalue weighted by atomic mass is 9.74. The second-order valence-corrected chi connectivity index (χ2v) is 8.73. The van der Waals surface area contributed by atoms with Gasteiger partial charge in [-0.25, -0.2) is 13.6 Å². The highest BCUT2D eigenvalue weighted by atomic mass is 19.1. The molecule has 0 aliphatic carbocycles. The lowest BCUT2D eigenvalue weighted by Crippen LogP contribution is -2.46. The molecule has 0 unspecified atom stereocenters. The van der Waals surface area contributed by atoms with E-state index >= 15 is 0 Å². The van der Waals surface area contributed by atoms with Crippen molar-refractivity contribution in [2.45, 2.75) is 24.8 Å². The topological polar surface area (TPSA) is 35.6 Å². The SMILES string of the molecule is O=C(Nc1ccc(F)cc1)N1CC2(CCN(Cc3ccccc3)CC2)c2cc(F)ccc21. The molecular weight excluding hydrogens is 408 g/mol. The van der Waals surface area contributed by atoms with Crippen LogP contribution in [0.5, 0.6) is 0 Å². The molecule has 1 spiro atoms. The zero-order chi connectivity index (χ0) is 22.1. The van der Waals surface area contributed by atoms with Crippen molar-refractivity contribution < 1.29 is 13.6 Å². The van der Waals surface area contributed by atoms with Crippen molar-refractivity contribution in [3.63, 3.8) is 0 Å². The lowest BCUT2D eigenvalue weighted by molar-refractivity contribution is 0.160. The molecule has 0 bridgehead atoms. The molecule has 164 valence electrons. The first kappa shape index (κ1) is 20.6. The Morgan fingerprint density at radius 2 is 1.59 bits per heavy atom. The summed E-state index contributed by atoms with van der Waals surface area (Å²) in [6.07, 6.45) is 1.72. The van der Waals surface area contributed by atoms with Gasteiger partial charge in [-0.15, -0.1) is 0 Å². The molecule has 1 saturated heterocycles. The van der Waals surface area contributed by atoms with E-state index in [9.17, 15) is 13.6 Å². The van der Waals surface area contributed by atoms with Crippen LogP contribution in [0.1, 0.15) is 24.0 Å². The summed E-state index contributed by atoms with van der Waals surface area (Å²) >= 11 is 0. The van der Waals surface area contributed by atoms with Gasteiger partial charge in [-0.05, 0) is 79.5 Å². The van der Waals surface area contributed by atoms with E-state index in [4.69, 9.17) is 0 Å². The normalized spacial score (nSPS) is 17.4. The second kappa shape index (κ2) is 8.36. The number of carbonyl (C=O) groups is 1. The Labute approximate surface area is 186 Å². The van der Waals surface area contributed by atoms with Gasteiger partial charge in [0.15, 0.2) is 0 Å². The minimum absolute atomic E-state index is 0.259. The number of amides is 2. The predicted molar refractivity (Wildman–Crippen MR) is 122 cm³/mol. The Bertz CT molecular complexity index is 1110. The maximum absolute atomic E-state index is 14.2. The molecular formula is C26H25F2N3O. The van der Waals surface area contributed by atoms with Crippen LogP contribution >= 0.6 is 0 Å². The molecule has 2 aliphatic heterocycles. The number of carbonyl (C=O) groups excluding carboxylic acids is 1. The number of nitrogens with one attached hydrogen (secondary N) is 1. The zero-order valence-corrected chi connectivity index (χ0v) is 17.7. The van der Waals surface area contributed by atoms with Gasteiger partial charge >= 0.3 is 6.03 Å². The van der Waals surface area contributed by atoms with Crippen LogP contribution < -0.4 is 10.2 Å². The van der Waals surface area contributed by atoms with Gasteiger partial charge in [-0.1, -0.05) is 30.3 Å². The molecule has 2 heterocycles. The van der Waals surface area contributed by atoms with Gasteiger partial charge < -0.3 is 5.32 Å². The molecule has 5 rings (SSSR count). The van der Waals surface area contributed by atoms with Gasteiger partial charge in [0.2, 0.25) is 0 Å². The first-order valence-corrected chi connectivity index (χ1v) is 10.9. The Kier molecular flexibility index (Phi) is 5.39. The average Bonchev–Trinajstić information content (AvgIpc) is 3.11. The summed E-state index contributed by atoms with van der Waals surface area (Å²) in [5.41, 5.74) is 3.21. The molecule has 32 heavy (non-hydrogen) atoms. The van der Waals surface area contributed by atoms with Gasteiger partial charge in [-0.2, -0.15) is 0 Å². The number of benzene rings is 3. The zero-order valence-electron chi connectivity index (χ0n) is 17.7. The van der Waals surface area contributed by atoms with Crippen LogP contribution in [0.25, 0.3) is 0 Å². The molecule has 2 aliphatic rings. The molecule has 1 N–H and O–H groups in total. The van der Waals surface area contributed by atoms with Crippen LogP contribution in [-0.4, -0.2) is 30.6 Å². The Morgan fingerprint density at radius 3 is 2.31 bits per heavy atom. The maximum Gasteiger partial charge on any atom is 0.326 e. The molecule has 6 heteroatoms. The summed E-state index contributed by atoms with van der Waals surface area (Å²) in [6, 6.07) is 20.5. The lowest BCUT2D eigenvalue weighted by Gasteiger charge is -2.40. The van der Waals surface area contributed by atoms with Gasteiger partial charge in [0.05, 0.1) is 0 Å². The first-order chi connectivity index (χ1) is 15.5. The molecule has 0 radical (unpaired) electrons.